The number of likely N-dealkylation sites (N-methyl/N-ethyl adjacent to an activating group) is 1. The highest BCUT2D eigenvalue weighted by Crippen LogP contribution is 2.33. The fraction of sp³-hybridized carbons (Fsp3) is 0.360. The van der Waals surface area contributed by atoms with Crippen LogP contribution in [-0.2, 0) is 10.0 Å². The van der Waals surface area contributed by atoms with E-state index in [1.165, 1.54) is 19.2 Å². The van der Waals surface area contributed by atoms with Crippen LogP contribution in [0.1, 0.15) is 13.8 Å². The summed E-state index contributed by atoms with van der Waals surface area (Å²) in [7, 11) is -2.46. The molecule has 3 aromatic rings. The predicted molar refractivity (Wildman–Crippen MR) is 143 cm³/mol. The van der Waals surface area contributed by atoms with Crippen molar-refractivity contribution < 1.29 is 17.5 Å². The smallest absolute Gasteiger partial charge is 0.242 e. The minimum atomic E-state index is -3.77. The molecule has 0 amide bonds. The van der Waals surface area contributed by atoms with Crippen molar-refractivity contribution in [2.45, 2.75) is 18.7 Å². The second-order valence-electron chi connectivity index (χ2n) is 8.38. The molecule has 0 bridgehead atoms. The topological polar surface area (TPSA) is 112 Å². The summed E-state index contributed by atoms with van der Waals surface area (Å²) in [5.74, 6) is -0.137. The third-order valence-corrected chi connectivity index (χ3v) is 7.61. The van der Waals surface area contributed by atoms with Crippen molar-refractivity contribution in [3.05, 3.63) is 54.5 Å². The van der Waals surface area contributed by atoms with Gasteiger partial charge in [-0.2, -0.15) is 4.98 Å². The van der Waals surface area contributed by atoms with Crippen molar-refractivity contribution in [3.8, 4) is 5.75 Å². The molecular formula is C25H32FN7O3S. The lowest BCUT2D eigenvalue weighted by Crippen LogP contribution is -2.46. The maximum absolute atomic E-state index is 14.6. The molecule has 2 aromatic carbocycles. The Labute approximate surface area is 216 Å². The molecule has 1 aromatic heterocycles. The van der Waals surface area contributed by atoms with Gasteiger partial charge < -0.3 is 25.2 Å². The van der Waals surface area contributed by atoms with Crippen LogP contribution in [0.5, 0.6) is 5.75 Å². The first-order chi connectivity index (χ1) is 17.8. The number of piperazine rings is 1. The van der Waals surface area contributed by atoms with Gasteiger partial charge in [0.2, 0.25) is 16.0 Å². The molecule has 4 rings (SSSR count). The normalized spacial score (nSPS) is 14.4. The van der Waals surface area contributed by atoms with E-state index in [2.05, 4.69) is 42.0 Å². The molecule has 2 heterocycles. The lowest BCUT2D eigenvalue weighted by Gasteiger charge is -2.35. The molecule has 3 N–H and O–H groups in total. The van der Waals surface area contributed by atoms with Crippen molar-refractivity contribution >= 4 is 38.9 Å². The van der Waals surface area contributed by atoms with Crippen molar-refractivity contribution in [2.24, 2.45) is 0 Å². The van der Waals surface area contributed by atoms with Crippen LogP contribution in [0.25, 0.3) is 0 Å². The molecule has 0 radical (unpaired) electrons. The number of halogens is 1. The maximum Gasteiger partial charge on any atom is 0.242 e. The average molecular weight is 530 g/mol. The average Bonchev–Trinajstić information content (AvgIpc) is 2.92. The Balaban J connectivity index is 1.57. The van der Waals surface area contributed by atoms with Gasteiger partial charge in [-0.25, -0.2) is 22.5 Å². The van der Waals surface area contributed by atoms with Gasteiger partial charge in [-0.1, -0.05) is 19.1 Å². The summed E-state index contributed by atoms with van der Waals surface area (Å²) in [6, 6.07) is 12.1. The highest BCUT2D eigenvalue weighted by atomic mass is 32.2. The molecule has 10 nitrogen and oxygen atoms in total. The van der Waals surface area contributed by atoms with Gasteiger partial charge in [0.05, 0.1) is 24.2 Å². The highest BCUT2D eigenvalue weighted by molar-refractivity contribution is 7.89. The first-order valence-corrected chi connectivity index (χ1v) is 13.7. The van der Waals surface area contributed by atoms with E-state index in [9.17, 15) is 12.8 Å². The number of para-hydroxylation sites is 1. The van der Waals surface area contributed by atoms with E-state index in [4.69, 9.17) is 4.74 Å². The number of hydrogen-bond acceptors (Lipinski definition) is 9. The van der Waals surface area contributed by atoms with Crippen LogP contribution in [0.3, 0.4) is 0 Å². The Morgan fingerprint density at radius 2 is 1.78 bits per heavy atom. The second kappa shape index (κ2) is 11.7. The minimum Gasteiger partial charge on any atom is -0.492 e. The number of sulfonamides is 1. The Bertz CT molecular complexity index is 1330. The number of ether oxygens (including phenoxy) is 1. The van der Waals surface area contributed by atoms with Gasteiger partial charge in [0, 0.05) is 37.9 Å². The van der Waals surface area contributed by atoms with Crippen LogP contribution in [0.15, 0.2) is 53.6 Å². The van der Waals surface area contributed by atoms with Gasteiger partial charge in [0.15, 0.2) is 11.6 Å². The van der Waals surface area contributed by atoms with Gasteiger partial charge in [-0.15, -0.1) is 0 Å². The first-order valence-electron chi connectivity index (χ1n) is 12.2. The van der Waals surface area contributed by atoms with E-state index in [0.29, 0.717) is 18.0 Å². The third kappa shape index (κ3) is 6.27. The fourth-order valence-corrected chi connectivity index (χ4v) is 4.97. The van der Waals surface area contributed by atoms with E-state index in [1.807, 2.05) is 25.1 Å². The molecular weight excluding hydrogens is 497 g/mol. The zero-order chi connectivity index (χ0) is 26.4. The van der Waals surface area contributed by atoms with Crippen LogP contribution < -0.4 is 25.0 Å². The van der Waals surface area contributed by atoms with Crippen molar-refractivity contribution in [3.63, 3.8) is 0 Å². The SMILES string of the molecule is CCOc1cc(N2CCN(CC)CC2)ccc1Nc1ncc(F)c(Nc2ccccc2S(=O)(=O)NC)n1. The molecule has 198 valence electrons. The molecule has 1 saturated heterocycles. The van der Waals surface area contributed by atoms with Gasteiger partial charge in [-0.3, -0.25) is 0 Å². The van der Waals surface area contributed by atoms with Crippen LogP contribution >= 0.6 is 0 Å². The predicted octanol–water partition coefficient (Wildman–Crippen LogP) is 3.55. The zero-order valence-corrected chi connectivity index (χ0v) is 22.0. The Hall–Kier alpha value is -3.48. The highest BCUT2D eigenvalue weighted by Gasteiger charge is 2.20. The number of benzene rings is 2. The number of nitrogens with one attached hydrogen (secondary N) is 3. The van der Waals surface area contributed by atoms with Crippen LogP contribution in [0, 0.1) is 5.82 Å². The molecule has 1 aliphatic heterocycles. The lowest BCUT2D eigenvalue weighted by molar-refractivity contribution is 0.271. The molecule has 12 heteroatoms. The maximum atomic E-state index is 14.6. The number of rotatable bonds is 10. The van der Waals surface area contributed by atoms with E-state index in [-0.39, 0.29) is 22.3 Å². The molecule has 37 heavy (non-hydrogen) atoms. The number of nitrogens with zero attached hydrogens (tertiary/aromatic N) is 4. The molecule has 0 spiro atoms. The lowest BCUT2D eigenvalue weighted by atomic mass is 10.2. The van der Waals surface area contributed by atoms with Gasteiger partial charge >= 0.3 is 0 Å². The molecule has 0 atom stereocenters. The van der Waals surface area contributed by atoms with E-state index in [0.717, 1.165) is 44.6 Å². The summed E-state index contributed by atoms with van der Waals surface area (Å²) in [5, 5.41) is 5.88. The molecule has 0 saturated carbocycles. The van der Waals surface area contributed by atoms with Crippen molar-refractivity contribution in [1.82, 2.24) is 19.6 Å². The third-order valence-electron chi connectivity index (χ3n) is 6.14. The number of aromatic nitrogens is 2. The van der Waals surface area contributed by atoms with E-state index >= 15 is 0 Å². The van der Waals surface area contributed by atoms with Gasteiger partial charge in [0.25, 0.3) is 0 Å². The summed E-state index contributed by atoms with van der Waals surface area (Å²) in [5.41, 5.74) is 1.88. The fourth-order valence-electron chi connectivity index (χ4n) is 4.09. The van der Waals surface area contributed by atoms with E-state index < -0.39 is 15.8 Å². The Morgan fingerprint density at radius 1 is 1.03 bits per heavy atom. The quantitative estimate of drug-likeness (QED) is 0.363. The molecule has 1 aliphatic rings. The monoisotopic (exact) mass is 529 g/mol. The standard InChI is InChI=1S/C25H32FN7O3S/c1-4-32-12-14-33(15-13-32)18-10-11-20(22(16-18)36-5-2)30-25-28-17-19(26)24(31-25)29-21-8-6-7-9-23(21)37(34,35)27-3/h6-11,16-17,27H,4-5,12-15H2,1-3H3,(H2,28,29,30,31). The largest absolute Gasteiger partial charge is 0.492 e. The summed E-state index contributed by atoms with van der Waals surface area (Å²) in [6.07, 6.45) is 1.02. The van der Waals surface area contributed by atoms with Crippen LogP contribution in [0.2, 0.25) is 0 Å². The number of hydrogen-bond donors (Lipinski definition) is 3. The molecule has 1 fully saturated rings. The zero-order valence-electron chi connectivity index (χ0n) is 21.2. The summed E-state index contributed by atoms with van der Waals surface area (Å²) in [6.45, 7) is 9.49. The summed E-state index contributed by atoms with van der Waals surface area (Å²) >= 11 is 0. The molecule has 0 unspecified atom stereocenters. The summed E-state index contributed by atoms with van der Waals surface area (Å²) in [4.78, 5) is 13.0. The summed E-state index contributed by atoms with van der Waals surface area (Å²) < 4.78 is 47.5. The number of anilines is 5. The van der Waals surface area contributed by atoms with Crippen LogP contribution in [0.4, 0.5) is 33.2 Å². The Morgan fingerprint density at radius 3 is 2.49 bits per heavy atom. The van der Waals surface area contributed by atoms with Crippen LogP contribution in [-0.4, -0.2) is 69.7 Å². The van der Waals surface area contributed by atoms with Gasteiger partial charge in [0.1, 0.15) is 10.6 Å². The van der Waals surface area contributed by atoms with Gasteiger partial charge in [-0.05, 0) is 44.8 Å². The first kappa shape index (κ1) is 26.6. The van der Waals surface area contributed by atoms with Crippen molar-refractivity contribution in [2.75, 3.05) is 61.9 Å². The molecule has 0 aliphatic carbocycles. The second-order valence-corrected chi connectivity index (χ2v) is 10.2. The van der Waals surface area contributed by atoms with E-state index in [1.54, 1.807) is 12.1 Å². The minimum absolute atomic E-state index is 0.0287. The van der Waals surface area contributed by atoms with Crippen molar-refractivity contribution in [1.29, 1.82) is 0 Å². The Kier molecular flexibility index (Phi) is 8.41.